The average molecular weight is 487 g/mol. The summed E-state index contributed by atoms with van der Waals surface area (Å²) in [5.41, 5.74) is 0.650. The average Bonchev–Trinajstić information content (AvgIpc) is 3.22. The quantitative estimate of drug-likeness (QED) is 0.491. The summed E-state index contributed by atoms with van der Waals surface area (Å²) in [5.74, 6) is -0.968. The number of carbonyl (C=O) groups is 2. The fraction of sp³-hybridized carbons (Fsp3) is 0.304. The number of nitrogens with zero attached hydrogens (tertiary/aromatic N) is 4. The molecule has 0 spiro atoms. The van der Waals surface area contributed by atoms with Crippen molar-refractivity contribution in [3.05, 3.63) is 66.0 Å². The van der Waals surface area contributed by atoms with E-state index in [0.717, 1.165) is 37.7 Å². The van der Waals surface area contributed by atoms with Crippen molar-refractivity contribution in [1.29, 1.82) is 0 Å². The third kappa shape index (κ3) is 6.17. The third-order valence-electron chi connectivity index (χ3n) is 5.31. The summed E-state index contributed by atoms with van der Waals surface area (Å²) in [4.78, 5) is 26.6. The minimum atomic E-state index is -0.832. The third-order valence-corrected chi connectivity index (χ3v) is 6.24. The first-order valence-corrected chi connectivity index (χ1v) is 11.9. The van der Waals surface area contributed by atoms with E-state index in [2.05, 4.69) is 25.7 Å². The molecule has 0 bridgehead atoms. The first-order valence-electron chi connectivity index (χ1n) is 10.9. The van der Waals surface area contributed by atoms with Crippen molar-refractivity contribution in [2.24, 2.45) is 0 Å². The van der Waals surface area contributed by atoms with Crippen LogP contribution in [-0.2, 0) is 11.3 Å². The number of imide groups is 1. The summed E-state index contributed by atoms with van der Waals surface area (Å²) >= 11 is 1.10. The molecule has 3 aromatic rings. The summed E-state index contributed by atoms with van der Waals surface area (Å²) in [6, 6.07) is 10.8. The molecular weight excluding hydrogens is 462 g/mol. The number of likely N-dealkylation sites (tertiary alicyclic amines) is 1. The van der Waals surface area contributed by atoms with Crippen LogP contribution in [0.3, 0.4) is 0 Å². The molecular formula is C23H24F2N6O2S. The molecule has 1 fully saturated rings. The van der Waals surface area contributed by atoms with Gasteiger partial charge in [-0.3, -0.25) is 19.6 Å². The van der Waals surface area contributed by atoms with Gasteiger partial charge in [-0.25, -0.2) is 13.6 Å². The van der Waals surface area contributed by atoms with Crippen LogP contribution >= 0.6 is 11.8 Å². The number of rotatable bonds is 7. The van der Waals surface area contributed by atoms with E-state index in [0.29, 0.717) is 23.2 Å². The number of thioether (sulfide) groups is 1. The molecule has 1 aliphatic rings. The molecule has 2 N–H and O–H groups in total. The lowest BCUT2D eigenvalue weighted by atomic mass is 10.1. The molecule has 11 heteroatoms. The van der Waals surface area contributed by atoms with Crippen molar-refractivity contribution >= 4 is 29.4 Å². The lowest BCUT2D eigenvalue weighted by Crippen LogP contribution is -2.35. The van der Waals surface area contributed by atoms with E-state index >= 15 is 0 Å². The van der Waals surface area contributed by atoms with Gasteiger partial charge in [0.1, 0.15) is 11.6 Å². The summed E-state index contributed by atoms with van der Waals surface area (Å²) in [5, 5.41) is 13.5. The number of piperidine rings is 1. The van der Waals surface area contributed by atoms with Crippen LogP contribution in [-0.4, -0.2) is 50.4 Å². The number of halogens is 2. The van der Waals surface area contributed by atoms with Crippen LogP contribution in [0.1, 0.15) is 25.1 Å². The maximum absolute atomic E-state index is 13.7. The summed E-state index contributed by atoms with van der Waals surface area (Å²) < 4.78 is 29.0. The highest BCUT2D eigenvalue weighted by Crippen LogP contribution is 2.24. The van der Waals surface area contributed by atoms with Crippen LogP contribution in [0.2, 0.25) is 0 Å². The van der Waals surface area contributed by atoms with Crippen molar-refractivity contribution in [3.8, 4) is 5.69 Å². The highest BCUT2D eigenvalue weighted by atomic mass is 32.2. The Bertz CT molecular complexity index is 1150. The van der Waals surface area contributed by atoms with Gasteiger partial charge in [0.15, 0.2) is 11.0 Å². The van der Waals surface area contributed by atoms with Crippen molar-refractivity contribution < 1.29 is 18.4 Å². The molecule has 178 valence electrons. The minimum absolute atomic E-state index is 0.0288. The summed E-state index contributed by atoms with van der Waals surface area (Å²) in [7, 11) is 0. The van der Waals surface area contributed by atoms with E-state index < -0.39 is 17.8 Å². The molecule has 0 atom stereocenters. The van der Waals surface area contributed by atoms with Crippen LogP contribution in [0.15, 0.2) is 53.7 Å². The highest BCUT2D eigenvalue weighted by molar-refractivity contribution is 7.99. The zero-order valence-corrected chi connectivity index (χ0v) is 19.2. The number of benzene rings is 2. The van der Waals surface area contributed by atoms with Gasteiger partial charge in [0.25, 0.3) is 0 Å². The normalized spacial score (nSPS) is 14.1. The van der Waals surface area contributed by atoms with Crippen LogP contribution in [0, 0.1) is 11.6 Å². The highest BCUT2D eigenvalue weighted by Gasteiger charge is 2.20. The number of aromatic nitrogens is 3. The fourth-order valence-corrected chi connectivity index (χ4v) is 4.44. The van der Waals surface area contributed by atoms with Crippen LogP contribution in [0.5, 0.6) is 0 Å². The molecule has 1 aromatic heterocycles. The Morgan fingerprint density at radius 1 is 0.971 bits per heavy atom. The molecule has 3 amide bonds. The number of hydrogen-bond donors (Lipinski definition) is 2. The van der Waals surface area contributed by atoms with Crippen molar-refractivity contribution in [3.63, 3.8) is 0 Å². The molecule has 2 aromatic carbocycles. The zero-order chi connectivity index (χ0) is 23.9. The number of urea groups is 1. The van der Waals surface area contributed by atoms with E-state index in [1.54, 1.807) is 22.8 Å². The monoisotopic (exact) mass is 486 g/mol. The van der Waals surface area contributed by atoms with Crippen molar-refractivity contribution in [1.82, 2.24) is 25.0 Å². The number of nitrogens with one attached hydrogen (secondary N) is 2. The molecule has 0 unspecified atom stereocenters. The van der Waals surface area contributed by atoms with Gasteiger partial charge in [0.05, 0.1) is 18.0 Å². The van der Waals surface area contributed by atoms with Gasteiger partial charge in [-0.1, -0.05) is 30.3 Å². The summed E-state index contributed by atoms with van der Waals surface area (Å²) in [6.45, 7) is 2.53. The van der Waals surface area contributed by atoms with E-state index in [1.165, 1.54) is 36.8 Å². The Balaban J connectivity index is 1.43. The van der Waals surface area contributed by atoms with Crippen molar-refractivity contribution in [2.45, 2.75) is 31.0 Å². The second-order valence-corrected chi connectivity index (χ2v) is 8.76. The van der Waals surface area contributed by atoms with E-state index in [1.807, 2.05) is 0 Å². The number of anilines is 1. The zero-order valence-electron chi connectivity index (χ0n) is 18.3. The maximum Gasteiger partial charge on any atom is 0.325 e. The molecule has 34 heavy (non-hydrogen) atoms. The smallest absolute Gasteiger partial charge is 0.305 e. The molecule has 1 aliphatic heterocycles. The van der Waals surface area contributed by atoms with Gasteiger partial charge in [-0.05, 0) is 62.3 Å². The number of para-hydroxylation sites is 1. The van der Waals surface area contributed by atoms with Crippen LogP contribution in [0.4, 0.5) is 19.3 Å². The Morgan fingerprint density at radius 2 is 1.71 bits per heavy atom. The molecule has 4 rings (SSSR count). The van der Waals surface area contributed by atoms with Gasteiger partial charge in [-0.15, -0.1) is 10.2 Å². The van der Waals surface area contributed by atoms with E-state index in [4.69, 9.17) is 0 Å². The standard InChI is InChI=1S/C23H24F2N6O2S/c24-16-8-10-17(11-9-16)31-20(14-30-12-4-1-5-13-30)28-29-23(31)34-15-21(32)27-22(33)26-19-7-3-2-6-18(19)25/h2-3,6-11H,1,4-5,12-15H2,(H2,26,27,32,33). The Kier molecular flexibility index (Phi) is 7.86. The molecule has 2 heterocycles. The topological polar surface area (TPSA) is 92.2 Å². The Morgan fingerprint density at radius 3 is 2.44 bits per heavy atom. The second-order valence-electron chi connectivity index (χ2n) is 7.82. The lowest BCUT2D eigenvalue weighted by molar-refractivity contribution is -0.117. The van der Waals surface area contributed by atoms with Gasteiger partial charge in [0, 0.05) is 5.69 Å². The molecule has 1 saturated heterocycles. The SMILES string of the molecule is O=C(CSc1nnc(CN2CCCCC2)n1-c1ccc(F)cc1)NC(=O)Nc1ccccc1F. The maximum atomic E-state index is 13.7. The molecule has 8 nitrogen and oxygen atoms in total. The van der Waals surface area contributed by atoms with E-state index in [9.17, 15) is 18.4 Å². The first kappa shape index (κ1) is 23.8. The lowest BCUT2D eigenvalue weighted by Gasteiger charge is -2.26. The van der Waals surface area contributed by atoms with Crippen LogP contribution < -0.4 is 10.6 Å². The predicted molar refractivity (Wildman–Crippen MR) is 125 cm³/mol. The summed E-state index contributed by atoms with van der Waals surface area (Å²) in [6.07, 6.45) is 3.46. The van der Waals surface area contributed by atoms with Crippen LogP contribution in [0.25, 0.3) is 5.69 Å². The Labute approximate surface area is 199 Å². The van der Waals surface area contributed by atoms with Gasteiger partial charge in [-0.2, -0.15) is 0 Å². The molecule has 0 radical (unpaired) electrons. The van der Waals surface area contributed by atoms with Crippen molar-refractivity contribution in [2.75, 3.05) is 24.2 Å². The van der Waals surface area contributed by atoms with E-state index in [-0.39, 0.29) is 17.3 Å². The minimum Gasteiger partial charge on any atom is -0.305 e. The fourth-order valence-electron chi connectivity index (χ4n) is 3.67. The first-order chi connectivity index (χ1) is 16.5. The molecule has 0 aliphatic carbocycles. The van der Waals surface area contributed by atoms with Gasteiger partial charge < -0.3 is 5.32 Å². The predicted octanol–water partition coefficient (Wildman–Crippen LogP) is 3.97. The molecule has 0 saturated carbocycles. The second kappa shape index (κ2) is 11.2. The van der Waals surface area contributed by atoms with Gasteiger partial charge in [0.2, 0.25) is 5.91 Å². The number of carbonyl (C=O) groups excluding carboxylic acids is 2. The number of amides is 3. The Hall–Kier alpha value is -3.31. The van der Waals surface area contributed by atoms with Gasteiger partial charge >= 0.3 is 6.03 Å². The largest absolute Gasteiger partial charge is 0.325 e. The number of hydrogen-bond acceptors (Lipinski definition) is 6.